The molecule has 1 N–H and O–H groups in total. The van der Waals surface area contributed by atoms with Crippen molar-refractivity contribution in [1.82, 2.24) is 10.2 Å². The second-order valence-corrected chi connectivity index (χ2v) is 7.27. The molecule has 2 aromatic rings. The van der Waals surface area contributed by atoms with Gasteiger partial charge in [-0.05, 0) is 37.1 Å². The number of aryl methyl sites for hydroxylation is 1. The molecular weight excluding hydrogens is 346 g/mol. The topological polar surface area (TPSA) is 35.6 Å². The smallest absolute Gasteiger partial charge is 0.237 e. The summed E-state index contributed by atoms with van der Waals surface area (Å²) in [6.07, 6.45) is 0. The summed E-state index contributed by atoms with van der Waals surface area (Å²) in [6.45, 7) is 8.21. The molecule has 0 unspecified atom stereocenters. The summed E-state index contributed by atoms with van der Waals surface area (Å²) < 4.78 is 0. The van der Waals surface area contributed by atoms with Crippen molar-refractivity contribution < 1.29 is 4.79 Å². The normalized spacial score (nSPS) is 16.3. The lowest BCUT2D eigenvalue weighted by Gasteiger charge is -2.39. The number of hydrogen-bond acceptors (Lipinski definition) is 3. The third kappa shape index (κ3) is 4.57. The number of benzene rings is 2. The Balaban J connectivity index is 1.52. The van der Waals surface area contributed by atoms with Crippen molar-refractivity contribution in [3.05, 3.63) is 64.7 Å². The highest BCUT2D eigenvalue weighted by molar-refractivity contribution is 6.30. The number of rotatable bonds is 5. The molecule has 1 heterocycles. The Hall–Kier alpha value is -2.04. The summed E-state index contributed by atoms with van der Waals surface area (Å²) in [5.74, 6) is 0.0845. The van der Waals surface area contributed by atoms with Gasteiger partial charge in [0, 0.05) is 43.4 Å². The van der Waals surface area contributed by atoms with Gasteiger partial charge < -0.3 is 10.2 Å². The standard InChI is InChI=1S/C21H26ClN3O/c1-16-8-9-19(22)14-20(16)25-12-10-24(11-13-25)17(2)21(26)23-15-18-6-4-3-5-7-18/h3-9,14,17H,10-13,15H2,1-2H3,(H,23,26)/t17-/m0/s1. The van der Waals surface area contributed by atoms with Crippen LogP contribution in [0.4, 0.5) is 5.69 Å². The fourth-order valence-corrected chi connectivity index (χ4v) is 3.54. The summed E-state index contributed by atoms with van der Waals surface area (Å²) in [5, 5.41) is 3.81. The molecule has 1 aliphatic heterocycles. The maximum Gasteiger partial charge on any atom is 0.237 e. The molecule has 1 atom stereocenters. The molecule has 0 saturated carbocycles. The average Bonchev–Trinajstić information content (AvgIpc) is 2.68. The van der Waals surface area contributed by atoms with Gasteiger partial charge in [-0.1, -0.05) is 48.0 Å². The van der Waals surface area contributed by atoms with Crippen LogP contribution < -0.4 is 10.2 Å². The van der Waals surface area contributed by atoms with E-state index in [1.165, 1.54) is 11.3 Å². The lowest BCUT2D eigenvalue weighted by molar-refractivity contribution is -0.126. The average molecular weight is 372 g/mol. The molecule has 0 aromatic heterocycles. The quantitative estimate of drug-likeness (QED) is 0.874. The highest BCUT2D eigenvalue weighted by Crippen LogP contribution is 2.25. The molecule has 1 aliphatic rings. The lowest BCUT2D eigenvalue weighted by atomic mass is 10.1. The number of halogens is 1. The van der Waals surface area contributed by atoms with E-state index in [0.29, 0.717) is 6.54 Å². The first-order valence-electron chi connectivity index (χ1n) is 9.11. The number of nitrogens with zero attached hydrogens (tertiary/aromatic N) is 2. The van der Waals surface area contributed by atoms with E-state index in [9.17, 15) is 4.79 Å². The summed E-state index contributed by atoms with van der Waals surface area (Å²) in [7, 11) is 0. The zero-order valence-corrected chi connectivity index (χ0v) is 16.2. The van der Waals surface area contributed by atoms with Crippen LogP contribution in [-0.2, 0) is 11.3 Å². The van der Waals surface area contributed by atoms with E-state index < -0.39 is 0 Å². The summed E-state index contributed by atoms with van der Waals surface area (Å²) in [5.41, 5.74) is 3.55. The Morgan fingerprint density at radius 2 is 1.81 bits per heavy atom. The first-order valence-corrected chi connectivity index (χ1v) is 9.49. The number of amides is 1. The Labute approximate surface area is 160 Å². The minimum absolute atomic E-state index is 0.0845. The highest BCUT2D eigenvalue weighted by Gasteiger charge is 2.26. The zero-order valence-electron chi connectivity index (χ0n) is 15.4. The third-order valence-electron chi connectivity index (χ3n) is 5.06. The van der Waals surface area contributed by atoms with Crippen LogP contribution in [0.15, 0.2) is 48.5 Å². The monoisotopic (exact) mass is 371 g/mol. The largest absolute Gasteiger partial charge is 0.369 e. The second-order valence-electron chi connectivity index (χ2n) is 6.83. The predicted octanol–water partition coefficient (Wildman–Crippen LogP) is 3.48. The summed E-state index contributed by atoms with van der Waals surface area (Å²) in [4.78, 5) is 17.1. The van der Waals surface area contributed by atoms with Crippen LogP contribution in [0.1, 0.15) is 18.1 Å². The van der Waals surface area contributed by atoms with Gasteiger partial charge in [0.25, 0.3) is 0 Å². The Kier molecular flexibility index (Phi) is 6.17. The Morgan fingerprint density at radius 3 is 2.50 bits per heavy atom. The van der Waals surface area contributed by atoms with Crippen molar-refractivity contribution in [3.8, 4) is 0 Å². The number of nitrogens with one attached hydrogen (secondary N) is 1. The molecular formula is C21H26ClN3O. The molecule has 4 nitrogen and oxygen atoms in total. The van der Waals surface area contributed by atoms with E-state index >= 15 is 0 Å². The van der Waals surface area contributed by atoms with E-state index in [1.807, 2.05) is 49.4 Å². The van der Waals surface area contributed by atoms with Crippen LogP contribution in [0.25, 0.3) is 0 Å². The van der Waals surface area contributed by atoms with Gasteiger partial charge in [-0.15, -0.1) is 0 Å². The van der Waals surface area contributed by atoms with Gasteiger partial charge in [0.1, 0.15) is 0 Å². The molecule has 1 saturated heterocycles. The van der Waals surface area contributed by atoms with Gasteiger partial charge in [-0.25, -0.2) is 0 Å². The Morgan fingerprint density at radius 1 is 1.12 bits per heavy atom. The van der Waals surface area contributed by atoms with Crippen LogP contribution in [0.5, 0.6) is 0 Å². The maximum absolute atomic E-state index is 12.5. The van der Waals surface area contributed by atoms with E-state index in [0.717, 1.165) is 36.8 Å². The summed E-state index contributed by atoms with van der Waals surface area (Å²) >= 11 is 6.15. The fraction of sp³-hybridized carbons (Fsp3) is 0.381. The Bertz CT molecular complexity index is 742. The maximum atomic E-state index is 12.5. The van der Waals surface area contributed by atoms with E-state index in [-0.39, 0.29) is 11.9 Å². The molecule has 2 aromatic carbocycles. The van der Waals surface area contributed by atoms with Crippen LogP contribution >= 0.6 is 11.6 Å². The molecule has 0 radical (unpaired) electrons. The number of carbonyl (C=O) groups excluding carboxylic acids is 1. The van der Waals surface area contributed by atoms with Crippen molar-refractivity contribution in [1.29, 1.82) is 0 Å². The number of hydrogen-bond donors (Lipinski definition) is 1. The van der Waals surface area contributed by atoms with Gasteiger partial charge in [-0.2, -0.15) is 0 Å². The lowest BCUT2D eigenvalue weighted by Crippen LogP contribution is -2.54. The highest BCUT2D eigenvalue weighted by atomic mass is 35.5. The van der Waals surface area contributed by atoms with Crippen LogP contribution in [0.2, 0.25) is 5.02 Å². The predicted molar refractivity (Wildman–Crippen MR) is 108 cm³/mol. The zero-order chi connectivity index (χ0) is 18.5. The van der Waals surface area contributed by atoms with E-state index in [2.05, 4.69) is 28.1 Å². The molecule has 26 heavy (non-hydrogen) atoms. The van der Waals surface area contributed by atoms with Crippen LogP contribution in [-0.4, -0.2) is 43.0 Å². The van der Waals surface area contributed by atoms with E-state index in [4.69, 9.17) is 11.6 Å². The van der Waals surface area contributed by atoms with Gasteiger partial charge in [-0.3, -0.25) is 9.69 Å². The molecule has 0 aliphatic carbocycles. The second kappa shape index (κ2) is 8.56. The van der Waals surface area contributed by atoms with Crippen molar-refractivity contribution in [3.63, 3.8) is 0 Å². The van der Waals surface area contributed by atoms with Crippen LogP contribution in [0, 0.1) is 6.92 Å². The fourth-order valence-electron chi connectivity index (χ4n) is 3.37. The third-order valence-corrected chi connectivity index (χ3v) is 5.30. The molecule has 0 bridgehead atoms. The van der Waals surface area contributed by atoms with Crippen LogP contribution in [0.3, 0.4) is 0 Å². The van der Waals surface area contributed by atoms with E-state index in [1.54, 1.807) is 0 Å². The van der Waals surface area contributed by atoms with Crippen molar-refractivity contribution in [2.24, 2.45) is 0 Å². The van der Waals surface area contributed by atoms with Crippen molar-refractivity contribution in [2.45, 2.75) is 26.4 Å². The van der Waals surface area contributed by atoms with Crippen molar-refractivity contribution >= 4 is 23.2 Å². The van der Waals surface area contributed by atoms with Gasteiger partial charge in [0.15, 0.2) is 0 Å². The van der Waals surface area contributed by atoms with Gasteiger partial charge >= 0.3 is 0 Å². The van der Waals surface area contributed by atoms with Gasteiger partial charge in [0.2, 0.25) is 5.91 Å². The first kappa shape index (κ1) is 18.7. The SMILES string of the molecule is Cc1ccc(Cl)cc1N1CCN([C@@H](C)C(=O)NCc2ccccc2)CC1. The molecule has 0 spiro atoms. The summed E-state index contributed by atoms with van der Waals surface area (Å²) in [6, 6.07) is 15.9. The van der Waals surface area contributed by atoms with Crippen molar-refractivity contribution in [2.75, 3.05) is 31.1 Å². The minimum Gasteiger partial charge on any atom is -0.369 e. The molecule has 5 heteroatoms. The number of carbonyl (C=O) groups is 1. The molecule has 138 valence electrons. The van der Waals surface area contributed by atoms with Gasteiger partial charge in [0.05, 0.1) is 6.04 Å². The first-order chi connectivity index (χ1) is 12.5. The molecule has 1 amide bonds. The minimum atomic E-state index is -0.124. The number of anilines is 1. The number of piperazine rings is 1. The molecule has 3 rings (SSSR count). The molecule has 1 fully saturated rings.